The molecule has 0 radical (unpaired) electrons. The molecule has 0 saturated carbocycles. The van der Waals surface area contributed by atoms with Gasteiger partial charge >= 0.3 is 0 Å². The summed E-state index contributed by atoms with van der Waals surface area (Å²) in [5.74, 6) is 1.82. The van der Waals surface area contributed by atoms with Crippen LogP contribution in [0.1, 0.15) is 31.7 Å². The fraction of sp³-hybridized carbons (Fsp3) is 0.500. The van der Waals surface area contributed by atoms with Gasteiger partial charge in [0.05, 0.1) is 11.9 Å². The fourth-order valence-electron chi connectivity index (χ4n) is 2.06. The smallest absolute Gasteiger partial charge is 0.133 e. The van der Waals surface area contributed by atoms with E-state index in [0.29, 0.717) is 0 Å². The molecule has 0 amide bonds. The highest BCUT2D eigenvalue weighted by Crippen LogP contribution is 2.25. The van der Waals surface area contributed by atoms with Crippen molar-refractivity contribution in [3.8, 4) is 11.3 Å². The van der Waals surface area contributed by atoms with Crippen molar-refractivity contribution in [2.45, 2.75) is 33.6 Å². The third kappa shape index (κ3) is 2.92. The number of nitrogens with zero attached hydrogens (tertiary/aromatic N) is 4. The lowest BCUT2D eigenvalue weighted by Crippen LogP contribution is -2.07. The molecule has 0 saturated heterocycles. The third-order valence-electron chi connectivity index (χ3n) is 2.99. The molecule has 19 heavy (non-hydrogen) atoms. The molecule has 0 atom stereocenters. The summed E-state index contributed by atoms with van der Waals surface area (Å²) in [6, 6.07) is 0. The van der Waals surface area contributed by atoms with Crippen LogP contribution in [0, 0.1) is 6.92 Å². The van der Waals surface area contributed by atoms with Gasteiger partial charge in [-0.15, -0.1) is 0 Å². The minimum absolute atomic E-state index is 0.857. The molecule has 2 rings (SSSR count). The average Bonchev–Trinajstić information content (AvgIpc) is 2.80. The minimum atomic E-state index is 0.857. The first-order chi connectivity index (χ1) is 9.15. The molecule has 0 spiro atoms. The lowest BCUT2D eigenvalue weighted by Gasteiger charge is -2.12. The molecule has 0 unspecified atom stereocenters. The molecular weight excluding hydrogens is 238 g/mol. The van der Waals surface area contributed by atoms with E-state index in [-0.39, 0.29) is 0 Å². The van der Waals surface area contributed by atoms with Gasteiger partial charge < -0.3 is 5.32 Å². The number of nitrogens with one attached hydrogen (secondary N) is 1. The normalized spacial score (nSPS) is 10.7. The Kier molecular flexibility index (Phi) is 4.14. The van der Waals surface area contributed by atoms with Gasteiger partial charge in [0, 0.05) is 37.3 Å². The first kappa shape index (κ1) is 13.5. The summed E-state index contributed by atoms with van der Waals surface area (Å²) in [6.45, 7) is 7.12. The van der Waals surface area contributed by atoms with Crippen molar-refractivity contribution in [2.75, 3.05) is 11.9 Å². The van der Waals surface area contributed by atoms with E-state index >= 15 is 0 Å². The summed E-state index contributed by atoms with van der Waals surface area (Å²) >= 11 is 0. The molecular formula is C14H21N5. The summed E-state index contributed by atoms with van der Waals surface area (Å²) in [6.07, 6.45) is 5.77. The van der Waals surface area contributed by atoms with E-state index in [1.54, 1.807) is 4.68 Å². The van der Waals surface area contributed by atoms with Gasteiger partial charge in [0.1, 0.15) is 11.6 Å². The van der Waals surface area contributed by atoms with E-state index in [0.717, 1.165) is 47.8 Å². The van der Waals surface area contributed by atoms with E-state index < -0.39 is 0 Å². The van der Waals surface area contributed by atoms with Crippen molar-refractivity contribution >= 4 is 5.82 Å². The first-order valence-electron chi connectivity index (χ1n) is 6.76. The number of rotatable bonds is 5. The SMILES string of the molecule is CCCc1nc(NCC)c(C)c(-c2cnn(C)c2)n1. The van der Waals surface area contributed by atoms with Crippen LogP contribution in [0.25, 0.3) is 11.3 Å². The number of aryl methyl sites for hydroxylation is 2. The summed E-state index contributed by atoms with van der Waals surface area (Å²) < 4.78 is 1.79. The molecule has 0 fully saturated rings. The maximum absolute atomic E-state index is 4.68. The highest BCUT2D eigenvalue weighted by atomic mass is 15.2. The molecule has 0 aliphatic carbocycles. The quantitative estimate of drug-likeness (QED) is 0.896. The van der Waals surface area contributed by atoms with Crippen LogP contribution < -0.4 is 5.32 Å². The van der Waals surface area contributed by atoms with Gasteiger partial charge in [-0.3, -0.25) is 4.68 Å². The van der Waals surface area contributed by atoms with Crippen LogP contribution in [0.3, 0.4) is 0 Å². The Bertz CT molecular complexity index is 559. The third-order valence-corrected chi connectivity index (χ3v) is 2.99. The first-order valence-corrected chi connectivity index (χ1v) is 6.76. The Morgan fingerprint density at radius 1 is 1.26 bits per heavy atom. The number of anilines is 1. The van der Waals surface area contributed by atoms with E-state index in [1.165, 1.54) is 0 Å². The molecule has 2 aromatic heterocycles. The van der Waals surface area contributed by atoms with Gasteiger partial charge in [-0.05, 0) is 20.3 Å². The predicted molar refractivity (Wildman–Crippen MR) is 77.1 cm³/mol. The zero-order valence-corrected chi connectivity index (χ0v) is 12.1. The van der Waals surface area contributed by atoms with Gasteiger partial charge in [-0.25, -0.2) is 9.97 Å². The Balaban J connectivity index is 2.51. The average molecular weight is 259 g/mol. The van der Waals surface area contributed by atoms with Crippen molar-refractivity contribution < 1.29 is 0 Å². The molecule has 0 aliphatic heterocycles. The number of aromatic nitrogens is 4. The zero-order valence-electron chi connectivity index (χ0n) is 12.1. The lowest BCUT2D eigenvalue weighted by molar-refractivity contribution is 0.768. The monoisotopic (exact) mass is 259 g/mol. The van der Waals surface area contributed by atoms with Crippen LogP contribution >= 0.6 is 0 Å². The zero-order chi connectivity index (χ0) is 13.8. The summed E-state index contributed by atoms with van der Waals surface area (Å²) in [5.41, 5.74) is 3.09. The minimum Gasteiger partial charge on any atom is -0.370 e. The second kappa shape index (κ2) is 5.82. The van der Waals surface area contributed by atoms with Gasteiger partial charge in [-0.1, -0.05) is 6.92 Å². The Morgan fingerprint density at radius 3 is 2.63 bits per heavy atom. The maximum Gasteiger partial charge on any atom is 0.133 e. The van der Waals surface area contributed by atoms with Gasteiger partial charge in [-0.2, -0.15) is 5.10 Å². The molecule has 2 heterocycles. The largest absolute Gasteiger partial charge is 0.370 e. The molecule has 5 heteroatoms. The Morgan fingerprint density at radius 2 is 2.05 bits per heavy atom. The molecule has 5 nitrogen and oxygen atoms in total. The van der Waals surface area contributed by atoms with Crippen molar-refractivity contribution in [3.63, 3.8) is 0 Å². The van der Waals surface area contributed by atoms with Crippen LogP contribution in [-0.4, -0.2) is 26.3 Å². The van der Waals surface area contributed by atoms with Crippen LogP contribution in [0.15, 0.2) is 12.4 Å². The van der Waals surface area contributed by atoms with Crippen LogP contribution in [-0.2, 0) is 13.5 Å². The molecule has 1 N–H and O–H groups in total. The summed E-state index contributed by atoms with van der Waals surface area (Å²) in [7, 11) is 1.91. The molecule has 2 aromatic rings. The molecule has 0 aromatic carbocycles. The van der Waals surface area contributed by atoms with Crippen LogP contribution in [0.5, 0.6) is 0 Å². The molecule has 102 valence electrons. The van der Waals surface area contributed by atoms with E-state index in [1.807, 2.05) is 19.4 Å². The van der Waals surface area contributed by atoms with E-state index in [2.05, 4.69) is 41.2 Å². The van der Waals surface area contributed by atoms with Gasteiger partial charge in [0.25, 0.3) is 0 Å². The van der Waals surface area contributed by atoms with E-state index in [4.69, 9.17) is 0 Å². The van der Waals surface area contributed by atoms with Gasteiger partial charge in [0.15, 0.2) is 0 Å². The van der Waals surface area contributed by atoms with Crippen molar-refractivity contribution in [2.24, 2.45) is 7.05 Å². The highest BCUT2D eigenvalue weighted by molar-refractivity contribution is 5.67. The second-order valence-electron chi connectivity index (χ2n) is 4.65. The highest BCUT2D eigenvalue weighted by Gasteiger charge is 2.13. The van der Waals surface area contributed by atoms with Crippen molar-refractivity contribution in [1.29, 1.82) is 0 Å². The summed E-state index contributed by atoms with van der Waals surface area (Å²) in [5, 5.41) is 7.53. The maximum atomic E-state index is 4.68. The lowest BCUT2D eigenvalue weighted by atomic mass is 10.1. The van der Waals surface area contributed by atoms with Gasteiger partial charge in [0.2, 0.25) is 0 Å². The molecule has 0 bridgehead atoms. The topological polar surface area (TPSA) is 55.6 Å². The summed E-state index contributed by atoms with van der Waals surface area (Å²) in [4.78, 5) is 9.28. The number of hydrogen-bond acceptors (Lipinski definition) is 4. The second-order valence-corrected chi connectivity index (χ2v) is 4.65. The van der Waals surface area contributed by atoms with Crippen LogP contribution in [0.2, 0.25) is 0 Å². The van der Waals surface area contributed by atoms with Crippen molar-refractivity contribution in [3.05, 3.63) is 23.8 Å². The predicted octanol–water partition coefficient (Wildman–Crippen LogP) is 2.57. The number of hydrogen-bond donors (Lipinski definition) is 1. The fourth-order valence-corrected chi connectivity index (χ4v) is 2.06. The van der Waals surface area contributed by atoms with Crippen LogP contribution in [0.4, 0.5) is 5.82 Å². The van der Waals surface area contributed by atoms with Crippen molar-refractivity contribution in [1.82, 2.24) is 19.7 Å². The standard InChI is InChI=1S/C14H21N5/c1-5-7-12-17-13(11-8-16-19(4)9-11)10(3)14(18-12)15-6-2/h8-9H,5-7H2,1-4H3,(H,15,17,18). The Labute approximate surface area is 114 Å². The van der Waals surface area contributed by atoms with E-state index in [9.17, 15) is 0 Å². The molecule has 0 aliphatic rings. The Hall–Kier alpha value is -1.91.